The topological polar surface area (TPSA) is 32.5 Å². The second kappa shape index (κ2) is 5.72. The summed E-state index contributed by atoms with van der Waals surface area (Å²) in [7, 11) is 4.36. The van der Waals surface area contributed by atoms with Gasteiger partial charge in [-0.05, 0) is 58.6 Å². The van der Waals surface area contributed by atoms with Crippen molar-refractivity contribution in [1.82, 2.24) is 9.80 Å². The number of nitrogens with two attached hydrogens (primary N) is 1. The number of likely N-dealkylation sites (tertiary alicyclic amines) is 1. The molecule has 0 atom stereocenters. The number of piperidine rings is 1. The van der Waals surface area contributed by atoms with E-state index in [-0.39, 0.29) is 0 Å². The van der Waals surface area contributed by atoms with E-state index in [1.807, 2.05) is 6.07 Å². The summed E-state index contributed by atoms with van der Waals surface area (Å²) in [6.07, 6.45) is 2.53. The van der Waals surface area contributed by atoms with Gasteiger partial charge in [0, 0.05) is 18.3 Å². The molecular weight excluding hydrogens is 222 g/mol. The van der Waals surface area contributed by atoms with Crippen LogP contribution in [0.2, 0.25) is 0 Å². The van der Waals surface area contributed by atoms with Crippen molar-refractivity contribution in [1.29, 1.82) is 0 Å². The molecule has 1 aliphatic heterocycles. The summed E-state index contributed by atoms with van der Waals surface area (Å²) in [6, 6.07) is 7.07. The van der Waals surface area contributed by atoms with E-state index in [1.54, 1.807) is 0 Å². The van der Waals surface area contributed by atoms with Crippen molar-refractivity contribution in [3.8, 4) is 0 Å². The van der Waals surface area contributed by atoms with Gasteiger partial charge in [-0.25, -0.2) is 0 Å². The van der Waals surface area contributed by atoms with Crippen LogP contribution in [0.4, 0.5) is 5.69 Å². The molecule has 18 heavy (non-hydrogen) atoms. The lowest BCUT2D eigenvalue weighted by Crippen LogP contribution is -2.41. The predicted molar refractivity (Wildman–Crippen MR) is 77.6 cm³/mol. The second-order valence-electron chi connectivity index (χ2n) is 5.67. The molecule has 0 amide bonds. The van der Waals surface area contributed by atoms with Gasteiger partial charge < -0.3 is 10.6 Å². The summed E-state index contributed by atoms with van der Waals surface area (Å²) < 4.78 is 0. The number of rotatable bonds is 3. The fourth-order valence-corrected chi connectivity index (χ4v) is 2.71. The molecule has 0 saturated carbocycles. The maximum Gasteiger partial charge on any atom is 0.0359 e. The van der Waals surface area contributed by atoms with Gasteiger partial charge in [-0.1, -0.05) is 17.7 Å². The average molecular weight is 247 g/mol. The van der Waals surface area contributed by atoms with Crippen molar-refractivity contribution in [2.45, 2.75) is 32.4 Å². The first-order valence-electron chi connectivity index (χ1n) is 6.80. The summed E-state index contributed by atoms with van der Waals surface area (Å²) in [5, 5.41) is 0. The van der Waals surface area contributed by atoms with Crippen molar-refractivity contribution < 1.29 is 0 Å². The fourth-order valence-electron chi connectivity index (χ4n) is 2.71. The highest BCUT2D eigenvalue weighted by molar-refractivity contribution is 5.48. The van der Waals surface area contributed by atoms with Crippen molar-refractivity contribution in [2.24, 2.45) is 0 Å². The molecule has 0 unspecified atom stereocenters. The first-order chi connectivity index (χ1) is 8.56. The van der Waals surface area contributed by atoms with Gasteiger partial charge in [0.2, 0.25) is 0 Å². The number of hydrogen-bond acceptors (Lipinski definition) is 3. The molecule has 1 saturated heterocycles. The Labute approximate surface area is 111 Å². The zero-order chi connectivity index (χ0) is 13.1. The first-order valence-corrected chi connectivity index (χ1v) is 6.80. The van der Waals surface area contributed by atoms with Crippen LogP contribution in [0, 0.1) is 6.92 Å². The van der Waals surface area contributed by atoms with Crippen molar-refractivity contribution in [2.75, 3.05) is 32.9 Å². The lowest BCUT2D eigenvalue weighted by atomic mass is 10.0. The van der Waals surface area contributed by atoms with E-state index in [2.05, 4.69) is 43.0 Å². The molecule has 0 bridgehead atoms. The van der Waals surface area contributed by atoms with Crippen LogP contribution in [-0.4, -0.2) is 43.0 Å². The van der Waals surface area contributed by atoms with E-state index in [9.17, 15) is 0 Å². The van der Waals surface area contributed by atoms with Gasteiger partial charge in [-0.3, -0.25) is 4.90 Å². The Hall–Kier alpha value is -1.06. The molecule has 1 aliphatic rings. The SMILES string of the molecule is Cc1ccc(N)c(CN2CCC(N(C)C)CC2)c1. The minimum absolute atomic E-state index is 0.746. The maximum absolute atomic E-state index is 6.05. The van der Waals surface area contributed by atoms with Crippen molar-refractivity contribution in [3.63, 3.8) is 0 Å². The van der Waals surface area contributed by atoms with Gasteiger partial charge in [-0.2, -0.15) is 0 Å². The van der Waals surface area contributed by atoms with Gasteiger partial charge >= 0.3 is 0 Å². The first kappa shape index (κ1) is 13.4. The van der Waals surface area contributed by atoms with Crippen LogP contribution in [-0.2, 0) is 6.54 Å². The Kier molecular flexibility index (Phi) is 4.25. The highest BCUT2D eigenvalue weighted by Crippen LogP contribution is 2.20. The smallest absolute Gasteiger partial charge is 0.0359 e. The number of hydrogen-bond donors (Lipinski definition) is 1. The molecule has 1 fully saturated rings. The number of nitrogen functional groups attached to an aromatic ring is 1. The standard InChI is InChI=1S/C15H25N3/c1-12-4-5-15(16)13(10-12)11-18-8-6-14(7-9-18)17(2)3/h4-5,10,14H,6-9,11,16H2,1-3H3. The zero-order valence-electron chi connectivity index (χ0n) is 11.8. The Morgan fingerprint density at radius 2 is 1.94 bits per heavy atom. The molecule has 0 aliphatic carbocycles. The second-order valence-corrected chi connectivity index (χ2v) is 5.67. The molecule has 0 radical (unpaired) electrons. The van der Waals surface area contributed by atoms with Gasteiger partial charge in [0.15, 0.2) is 0 Å². The van der Waals surface area contributed by atoms with Crippen LogP contribution in [0.5, 0.6) is 0 Å². The highest BCUT2D eigenvalue weighted by Gasteiger charge is 2.20. The van der Waals surface area contributed by atoms with Gasteiger partial charge in [-0.15, -0.1) is 0 Å². The van der Waals surface area contributed by atoms with Crippen LogP contribution in [0.15, 0.2) is 18.2 Å². The maximum atomic E-state index is 6.05. The molecule has 2 rings (SSSR count). The molecule has 3 nitrogen and oxygen atoms in total. The Morgan fingerprint density at radius 1 is 1.28 bits per heavy atom. The van der Waals surface area contributed by atoms with E-state index < -0.39 is 0 Å². The van der Waals surface area contributed by atoms with Crippen molar-refractivity contribution in [3.05, 3.63) is 29.3 Å². The summed E-state index contributed by atoms with van der Waals surface area (Å²) in [5.74, 6) is 0. The van der Waals surface area contributed by atoms with E-state index in [0.717, 1.165) is 18.3 Å². The number of anilines is 1. The zero-order valence-corrected chi connectivity index (χ0v) is 11.8. The molecule has 1 aromatic rings. The Balaban J connectivity index is 1.93. The average Bonchev–Trinajstić information content (AvgIpc) is 2.34. The number of nitrogens with zero attached hydrogens (tertiary/aromatic N) is 2. The van der Waals surface area contributed by atoms with E-state index in [0.29, 0.717) is 0 Å². The summed E-state index contributed by atoms with van der Waals surface area (Å²) in [5.41, 5.74) is 9.54. The third kappa shape index (κ3) is 3.24. The lowest BCUT2D eigenvalue weighted by Gasteiger charge is -2.35. The van der Waals surface area contributed by atoms with E-state index >= 15 is 0 Å². The lowest BCUT2D eigenvalue weighted by molar-refractivity contribution is 0.140. The normalized spacial score (nSPS) is 18.4. The van der Waals surface area contributed by atoms with Gasteiger partial charge in [0.25, 0.3) is 0 Å². The summed E-state index contributed by atoms with van der Waals surface area (Å²) in [4.78, 5) is 4.86. The molecule has 1 heterocycles. The fraction of sp³-hybridized carbons (Fsp3) is 0.600. The molecule has 0 aromatic heterocycles. The van der Waals surface area contributed by atoms with Crippen molar-refractivity contribution >= 4 is 5.69 Å². The van der Waals surface area contributed by atoms with Crippen LogP contribution >= 0.6 is 0 Å². The van der Waals surface area contributed by atoms with Gasteiger partial charge in [0.05, 0.1) is 0 Å². The minimum atomic E-state index is 0.746. The van der Waals surface area contributed by atoms with Crippen LogP contribution in [0.1, 0.15) is 24.0 Å². The molecule has 1 aromatic carbocycles. The summed E-state index contributed by atoms with van der Waals surface area (Å²) >= 11 is 0. The Bertz CT molecular complexity index is 393. The van der Waals surface area contributed by atoms with E-state index in [1.165, 1.54) is 37.1 Å². The molecule has 100 valence electrons. The third-order valence-corrected chi connectivity index (χ3v) is 3.98. The largest absolute Gasteiger partial charge is 0.398 e. The molecular formula is C15H25N3. The van der Waals surface area contributed by atoms with Gasteiger partial charge in [0.1, 0.15) is 0 Å². The highest BCUT2D eigenvalue weighted by atomic mass is 15.2. The van der Waals surface area contributed by atoms with Crippen LogP contribution in [0.3, 0.4) is 0 Å². The monoisotopic (exact) mass is 247 g/mol. The predicted octanol–water partition coefficient (Wildman–Crippen LogP) is 2.10. The van der Waals surface area contributed by atoms with E-state index in [4.69, 9.17) is 5.73 Å². The quantitative estimate of drug-likeness (QED) is 0.830. The molecule has 3 heteroatoms. The van der Waals surface area contributed by atoms with Crippen LogP contribution < -0.4 is 5.73 Å². The Morgan fingerprint density at radius 3 is 2.56 bits per heavy atom. The molecule has 0 spiro atoms. The minimum Gasteiger partial charge on any atom is -0.398 e. The number of benzene rings is 1. The number of aryl methyl sites for hydroxylation is 1. The summed E-state index contributed by atoms with van der Waals surface area (Å²) in [6.45, 7) is 5.47. The molecule has 2 N–H and O–H groups in total. The van der Waals surface area contributed by atoms with Crippen LogP contribution in [0.25, 0.3) is 0 Å². The third-order valence-electron chi connectivity index (χ3n) is 3.98.